The Morgan fingerprint density at radius 3 is 2.70 bits per heavy atom. The van der Waals surface area contributed by atoms with Gasteiger partial charge in [0.05, 0.1) is 6.10 Å². The van der Waals surface area contributed by atoms with Crippen LogP contribution in [-0.4, -0.2) is 35.2 Å². The first kappa shape index (κ1) is 19.0. The van der Waals surface area contributed by atoms with Crippen LogP contribution >= 0.6 is 11.6 Å². The average Bonchev–Trinajstić information content (AvgIpc) is 3.04. The van der Waals surface area contributed by atoms with Gasteiger partial charge in [0, 0.05) is 18.1 Å². The Labute approximate surface area is 159 Å². The molecule has 2 aromatic rings. The van der Waals surface area contributed by atoms with Crippen LogP contribution < -0.4 is 14.8 Å². The molecule has 0 fully saturated rings. The number of aliphatic hydroxyl groups is 1. The van der Waals surface area contributed by atoms with Crippen molar-refractivity contribution in [2.75, 3.05) is 6.54 Å². The highest BCUT2D eigenvalue weighted by Gasteiger charge is 2.33. The van der Waals surface area contributed by atoms with Gasteiger partial charge in [0.2, 0.25) is 0 Å². The van der Waals surface area contributed by atoms with Gasteiger partial charge < -0.3 is 29.7 Å². The molecular formula is C18H16ClNO7. The molecule has 1 heterocycles. The number of aliphatic hydroxyl groups excluding tert-OH is 1. The molecular weight excluding hydrogens is 378 g/mol. The minimum absolute atomic E-state index is 0.303. The molecule has 0 radical (unpaired) electrons. The summed E-state index contributed by atoms with van der Waals surface area (Å²) >= 11 is 5.91. The van der Waals surface area contributed by atoms with E-state index in [0.717, 1.165) is 5.56 Å². The number of hydrogen-bond acceptors (Lipinski definition) is 7. The third-order valence-corrected chi connectivity index (χ3v) is 3.99. The van der Waals surface area contributed by atoms with Crippen molar-refractivity contribution in [2.45, 2.75) is 18.9 Å². The Bertz CT molecular complexity index is 857. The number of esters is 1. The molecule has 0 saturated carbocycles. The molecule has 3 N–H and O–H groups in total. The summed E-state index contributed by atoms with van der Waals surface area (Å²) in [7, 11) is 0. The Morgan fingerprint density at radius 2 is 1.96 bits per heavy atom. The fourth-order valence-electron chi connectivity index (χ4n) is 2.52. The van der Waals surface area contributed by atoms with Crippen LogP contribution in [0.4, 0.5) is 4.79 Å². The molecule has 0 saturated heterocycles. The number of ether oxygens (including phenoxy) is 3. The molecule has 27 heavy (non-hydrogen) atoms. The molecule has 3 rings (SSSR count). The molecule has 0 aromatic heterocycles. The summed E-state index contributed by atoms with van der Waals surface area (Å²) in [6.07, 6.45) is -3.90. The lowest BCUT2D eigenvalue weighted by atomic mass is 10.1. The molecule has 1 aliphatic rings. The molecule has 0 bridgehead atoms. The van der Waals surface area contributed by atoms with Gasteiger partial charge in [0.15, 0.2) is 11.5 Å². The minimum atomic E-state index is -1.73. The number of fused-ring (bicyclic) bond motifs is 1. The van der Waals surface area contributed by atoms with Gasteiger partial charge in [-0.3, -0.25) is 0 Å². The normalized spacial score (nSPS) is 16.0. The number of hydrogen-bond donors (Lipinski definition) is 3. The Kier molecular flexibility index (Phi) is 5.80. The third-order valence-electron chi connectivity index (χ3n) is 3.76. The van der Waals surface area contributed by atoms with Crippen LogP contribution in [0.5, 0.6) is 11.5 Å². The van der Waals surface area contributed by atoms with Crippen molar-refractivity contribution in [3.63, 3.8) is 0 Å². The van der Waals surface area contributed by atoms with E-state index in [-0.39, 0.29) is 0 Å². The van der Waals surface area contributed by atoms with E-state index in [1.807, 2.05) is 0 Å². The van der Waals surface area contributed by atoms with E-state index >= 15 is 0 Å². The van der Waals surface area contributed by atoms with Gasteiger partial charge in [0.25, 0.3) is 0 Å². The second-order valence-corrected chi connectivity index (χ2v) is 6.17. The van der Waals surface area contributed by atoms with Gasteiger partial charge >= 0.3 is 18.4 Å². The molecule has 1 aliphatic heterocycles. The smallest absolute Gasteiger partial charge is 0.449 e. The molecule has 0 unspecified atom stereocenters. The summed E-state index contributed by atoms with van der Waals surface area (Å²) < 4.78 is 14.5. The topological polar surface area (TPSA) is 114 Å². The Hall–Kier alpha value is -2.81. The standard InChI is InChI=1S/C18H16ClNO7/c19-12-3-1-2-11(7-12)13(21)9-20-8-10-4-5-14-15(6-10)26-17(25-14)16(22)27-18(23)24/h1-7,13,17,20-21H,8-9H2,(H,23,24)/t13-,17+/m0/s1. The van der Waals surface area contributed by atoms with Crippen molar-refractivity contribution < 1.29 is 34.0 Å². The number of benzene rings is 2. The van der Waals surface area contributed by atoms with Crippen LogP contribution in [0.25, 0.3) is 0 Å². The van der Waals surface area contributed by atoms with Crippen molar-refractivity contribution in [3.05, 3.63) is 58.6 Å². The largest absolute Gasteiger partial charge is 0.513 e. The van der Waals surface area contributed by atoms with Gasteiger partial charge in [-0.2, -0.15) is 0 Å². The first-order valence-corrected chi connectivity index (χ1v) is 8.35. The van der Waals surface area contributed by atoms with E-state index in [0.29, 0.717) is 35.2 Å². The molecule has 2 aromatic carbocycles. The summed E-state index contributed by atoms with van der Waals surface area (Å²) in [6, 6.07) is 12.0. The molecule has 142 valence electrons. The summed E-state index contributed by atoms with van der Waals surface area (Å²) in [5.74, 6) is -0.537. The van der Waals surface area contributed by atoms with Crippen LogP contribution in [0.1, 0.15) is 17.2 Å². The fraction of sp³-hybridized carbons (Fsp3) is 0.222. The van der Waals surface area contributed by atoms with E-state index in [1.54, 1.807) is 42.5 Å². The quantitative estimate of drug-likeness (QED) is 0.506. The number of nitrogens with one attached hydrogen (secondary N) is 1. The molecule has 8 nitrogen and oxygen atoms in total. The van der Waals surface area contributed by atoms with Crippen LogP contribution in [0.3, 0.4) is 0 Å². The van der Waals surface area contributed by atoms with Crippen LogP contribution in [0.15, 0.2) is 42.5 Å². The fourth-order valence-corrected chi connectivity index (χ4v) is 2.72. The molecule has 0 aliphatic carbocycles. The van der Waals surface area contributed by atoms with Gasteiger partial charge in [-0.05, 0) is 35.4 Å². The molecule has 9 heteroatoms. The first-order valence-electron chi connectivity index (χ1n) is 7.97. The van der Waals surface area contributed by atoms with Gasteiger partial charge in [-0.1, -0.05) is 29.8 Å². The maximum atomic E-state index is 11.5. The number of rotatable bonds is 6. The van der Waals surface area contributed by atoms with E-state index in [9.17, 15) is 14.7 Å². The van der Waals surface area contributed by atoms with E-state index in [2.05, 4.69) is 10.1 Å². The van der Waals surface area contributed by atoms with Gasteiger partial charge in [0.1, 0.15) is 0 Å². The maximum Gasteiger partial charge on any atom is 0.513 e. The van der Waals surface area contributed by atoms with Crippen LogP contribution in [0, 0.1) is 0 Å². The lowest BCUT2D eigenvalue weighted by Crippen LogP contribution is -2.32. The highest BCUT2D eigenvalue weighted by Crippen LogP contribution is 2.35. The van der Waals surface area contributed by atoms with Gasteiger partial charge in [-0.25, -0.2) is 9.59 Å². The Balaban J connectivity index is 1.53. The number of carbonyl (C=O) groups is 2. The predicted molar refractivity (Wildman–Crippen MR) is 93.7 cm³/mol. The SMILES string of the molecule is O=C(O)OC(=O)[C@@H]1Oc2ccc(CNC[C@H](O)c3cccc(Cl)c3)cc2O1. The maximum absolute atomic E-state index is 11.5. The zero-order chi connectivity index (χ0) is 19.4. The van der Waals surface area contributed by atoms with Gasteiger partial charge in [-0.15, -0.1) is 0 Å². The second-order valence-electron chi connectivity index (χ2n) is 5.74. The number of halogens is 1. The molecule has 0 spiro atoms. The van der Waals surface area contributed by atoms with Crippen molar-refractivity contribution in [2.24, 2.45) is 0 Å². The van der Waals surface area contributed by atoms with Crippen LogP contribution in [-0.2, 0) is 16.1 Å². The highest BCUT2D eigenvalue weighted by atomic mass is 35.5. The zero-order valence-corrected chi connectivity index (χ0v) is 14.7. The van der Waals surface area contributed by atoms with Crippen molar-refractivity contribution in [1.29, 1.82) is 0 Å². The predicted octanol–water partition coefficient (Wildman–Crippen LogP) is 2.48. The monoisotopic (exact) mass is 393 g/mol. The van der Waals surface area contributed by atoms with E-state index in [4.69, 9.17) is 26.2 Å². The van der Waals surface area contributed by atoms with E-state index in [1.165, 1.54) is 0 Å². The Morgan fingerprint density at radius 1 is 1.19 bits per heavy atom. The van der Waals surface area contributed by atoms with Crippen molar-refractivity contribution in [1.82, 2.24) is 5.32 Å². The number of carboxylic acid groups (broad SMARTS) is 1. The average molecular weight is 394 g/mol. The highest BCUT2D eigenvalue weighted by molar-refractivity contribution is 6.30. The van der Waals surface area contributed by atoms with Crippen molar-refractivity contribution >= 4 is 23.7 Å². The zero-order valence-electron chi connectivity index (χ0n) is 13.9. The second kappa shape index (κ2) is 8.26. The minimum Gasteiger partial charge on any atom is -0.449 e. The summed E-state index contributed by atoms with van der Waals surface area (Å²) in [5, 5.41) is 22.3. The first-order chi connectivity index (χ1) is 12.9. The summed E-state index contributed by atoms with van der Waals surface area (Å²) in [4.78, 5) is 21.9. The summed E-state index contributed by atoms with van der Waals surface area (Å²) in [5.41, 5.74) is 1.53. The third kappa shape index (κ3) is 4.88. The lowest BCUT2D eigenvalue weighted by molar-refractivity contribution is -0.156. The molecule has 0 amide bonds. The summed E-state index contributed by atoms with van der Waals surface area (Å²) in [6.45, 7) is 0.737. The lowest BCUT2D eigenvalue weighted by Gasteiger charge is -2.12. The van der Waals surface area contributed by atoms with E-state index < -0.39 is 24.5 Å². The molecule has 2 atom stereocenters. The number of carbonyl (C=O) groups excluding carboxylic acids is 1. The van der Waals surface area contributed by atoms with Crippen molar-refractivity contribution in [3.8, 4) is 11.5 Å². The van der Waals surface area contributed by atoms with Crippen LogP contribution in [0.2, 0.25) is 5.02 Å².